The Morgan fingerprint density at radius 3 is 2.75 bits per heavy atom. The van der Waals surface area contributed by atoms with Gasteiger partial charge in [-0.15, -0.1) is 0 Å². The van der Waals surface area contributed by atoms with E-state index in [9.17, 15) is 4.79 Å². The molecule has 0 unspecified atom stereocenters. The van der Waals surface area contributed by atoms with Crippen LogP contribution < -0.4 is 5.32 Å². The Kier molecular flexibility index (Phi) is 4.14. The van der Waals surface area contributed by atoms with Crippen LogP contribution in [0, 0.1) is 13.8 Å². The van der Waals surface area contributed by atoms with Gasteiger partial charge in [0, 0.05) is 24.8 Å². The lowest BCUT2D eigenvalue weighted by Gasteiger charge is -2.06. The molecule has 2 N–H and O–H groups in total. The van der Waals surface area contributed by atoms with E-state index >= 15 is 0 Å². The van der Waals surface area contributed by atoms with Crippen molar-refractivity contribution in [2.24, 2.45) is 7.05 Å². The summed E-state index contributed by atoms with van der Waals surface area (Å²) < 4.78 is 1.80. The second-order valence-corrected chi connectivity index (χ2v) is 4.56. The number of hydrogen-bond acceptors (Lipinski definition) is 4. The van der Waals surface area contributed by atoms with Crippen LogP contribution in [0.25, 0.3) is 11.3 Å². The van der Waals surface area contributed by atoms with E-state index in [0.29, 0.717) is 5.69 Å². The Hall–Kier alpha value is -2.21. The lowest BCUT2D eigenvalue weighted by atomic mass is 10.1. The maximum absolute atomic E-state index is 11.9. The zero-order valence-electron chi connectivity index (χ0n) is 11.8. The fourth-order valence-corrected chi connectivity index (χ4v) is 2.10. The van der Waals surface area contributed by atoms with E-state index in [-0.39, 0.29) is 19.1 Å². The molecule has 1 amide bonds. The van der Waals surface area contributed by atoms with Gasteiger partial charge in [0.25, 0.3) is 5.91 Å². The molecule has 0 aliphatic heterocycles. The number of nitrogens with one attached hydrogen (secondary N) is 1. The molecule has 0 aliphatic rings. The SMILES string of the molecule is Cc1nn(C)c(C)c1-c1cccc(C(=O)NCCO)n1. The Morgan fingerprint density at radius 2 is 2.15 bits per heavy atom. The zero-order chi connectivity index (χ0) is 14.7. The maximum Gasteiger partial charge on any atom is 0.269 e. The van der Waals surface area contributed by atoms with Crippen molar-refractivity contribution >= 4 is 5.91 Å². The quantitative estimate of drug-likeness (QED) is 0.865. The van der Waals surface area contributed by atoms with Crippen LogP contribution in [0.2, 0.25) is 0 Å². The summed E-state index contributed by atoms with van der Waals surface area (Å²) in [6.45, 7) is 4.01. The number of pyridine rings is 1. The highest BCUT2D eigenvalue weighted by molar-refractivity contribution is 5.92. The Balaban J connectivity index is 2.37. The van der Waals surface area contributed by atoms with Gasteiger partial charge in [-0.2, -0.15) is 5.10 Å². The number of carbonyl (C=O) groups is 1. The Labute approximate surface area is 117 Å². The Morgan fingerprint density at radius 1 is 1.40 bits per heavy atom. The van der Waals surface area contributed by atoms with Crippen LogP contribution in [0.3, 0.4) is 0 Å². The summed E-state index contributed by atoms with van der Waals surface area (Å²) in [4.78, 5) is 16.2. The topological polar surface area (TPSA) is 80.0 Å². The van der Waals surface area contributed by atoms with Gasteiger partial charge in [0.2, 0.25) is 0 Å². The first kappa shape index (κ1) is 14.2. The molecule has 20 heavy (non-hydrogen) atoms. The van der Waals surface area contributed by atoms with E-state index in [2.05, 4.69) is 15.4 Å². The largest absolute Gasteiger partial charge is 0.395 e. The van der Waals surface area contributed by atoms with E-state index in [1.54, 1.807) is 16.8 Å². The molecule has 0 fully saturated rings. The molecule has 0 radical (unpaired) electrons. The van der Waals surface area contributed by atoms with Gasteiger partial charge < -0.3 is 10.4 Å². The molecule has 0 aromatic carbocycles. The van der Waals surface area contributed by atoms with Crippen LogP contribution in [0.1, 0.15) is 21.9 Å². The van der Waals surface area contributed by atoms with E-state index < -0.39 is 0 Å². The van der Waals surface area contributed by atoms with Crippen molar-refractivity contribution in [1.29, 1.82) is 0 Å². The van der Waals surface area contributed by atoms with Gasteiger partial charge >= 0.3 is 0 Å². The number of carbonyl (C=O) groups excluding carboxylic acids is 1. The van der Waals surface area contributed by atoms with Gasteiger partial charge in [-0.25, -0.2) is 4.98 Å². The fourth-order valence-electron chi connectivity index (χ4n) is 2.10. The number of nitrogens with zero attached hydrogens (tertiary/aromatic N) is 3. The third-order valence-electron chi connectivity index (χ3n) is 3.14. The molecule has 2 aromatic rings. The summed E-state index contributed by atoms with van der Waals surface area (Å²) in [5.74, 6) is -0.292. The first-order chi connectivity index (χ1) is 9.54. The summed E-state index contributed by atoms with van der Waals surface area (Å²) in [6.07, 6.45) is 0. The summed E-state index contributed by atoms with van der Waals surface area (Å²) in [5, 5.41) is 15.7. The average molecular weight is 274 g/mol. The molecule has 2 heterocycles. The van der Waals surface area contributed by atoms with Gasteiger partial charge in [-0.3, -0.25) is 9.48 Å². The smallest absolute Gasteiger partial charge is 0.269 e. The van der Waals surface area contributed by atoms with E-state index in [0.717, 1.165) is 22.6 Å². The minimum atomic E-state index is -0.292. The normalized spacial score (nSPS) is 10.6. The summed E-state index contributed by atoms with van der Waals surface area (Å²) >= 11 is 0. The van der Waals surface area contributed by atoms with Crippen LogP contribution in [-0.2, 0) is 7.05 Å². The zero-order valence-corrected chi connectivity index (χ0v) is 11.8. The van der Waals surface area contributed by atoms with Crippen molar-refractivity contribution in [3.05, 3.63) is 35.3 Å². The summed E-state index contributed by atoms with van der Waals surface area (Å²) in [6, 6.07) is 5.30. The molecule has 6 heteroatoms. The second kappa shape index (κ2) is 5.83. The molecular formula is C14H18N4O2. The second-order valence-electron chi connectivity index (χ2n) is 4.56. The van der Waals surface area contributed by atoms with E-state index in [1.165, 1.54) is 0 Å². The van der Waals surface area contributed by atoms with E-state index in [4.69, 9.17) is 5.11 Å². The lowest BCUT2D eigenvalue weighted by Crippen LogP contribution is -2.27. The minimum Gasteiger partial charge on any atom is -0.395 e. The van der Waals surface area contributed by atoms with Gasteiger partial charge in [0.1, 0.15) is 5.69 Å². The molecule has 0 atom stereocenters. The highest BCUT2D eigenvalue weighted by Gasteiger charge is 2.14. The van der Waals surface area contributed by atoms with Crippen molar-refractivity contribution in [3.8, 4) is 11.3 Å². The standard InChI is InChI=1S/C14H18N4O2/c1-9-13(10(2)18(3)17-9)11-5-4-6-12(16-11)14(20)15-7-8-19/h4-6,19H,7-8H2,1-3H3,(H,15,20). The first-order valence-corrected chi connectivity index (χ1v) is 6.41. The maximum atomic E-state index is 11.9. The number of amides is 1. The van der Waals surface area contributed by atoms with Crippen molar-refractivity contribution in [1.82, 2.24) is 20.1 Å². The molecule has 2 rings (SSSR count). The summed E-state index contributed by atoms with van der Waals surface area (Å²) in [5.41, 5.74) is 3.89. The third kappa shape index (κ3) is 2.70. The molecule has 0 spiro atoms. The van der Waals surface area contributed by atoms with Gasteiger partial charge in [-0.05, 0) is 26.0 Å². The highest BCUT2D eigenvalue weighted by Crippen LogP contribution is 2.24. The monoisotopic (exact) mass is 274 g/mol. The van der Waals surface area contributed by atoms with Crippen molar-refractivity contribution in [3.63, 3.8) is 0 Å². The van der Waals surface area contributed by atoms with E-state index in [1.807, 2.05) is 27.0 Å². The minimum absolute atomic E-state index is 0.0910. The summed E-state index contributed by atoms with van der Waals surface area (Å²) in [7, 11) is 1.88. The average Bonchev–Trinajstić information content (AvgIpc) is 2.69. The first-order valence-electron chi connectivity index (χ1n) is 6.41. The van der Waals surface area contributed by atoms with Crippen molar-refractivity contribution < 1.29 is 9.90 Å². The number of aryl methyl sites for hydroxylation is 2. The van der Waals surface area contributed by atoms with Gasteiger partial charge in [-0.1, -0.05) is 6.07 Å². The molecule has 0 saturated heterocycles. The number of aromatic nitrogens is 3. The molecule has 0 bridgehead atoms. The van der Waals surface area contributed by atoms with Crippen LogP contribution in [0.4, 0.5) is 0 Å². The molecule has 2 aromatic heterocycles. The van der Waals surface area contributed by atoms with Gasteiger partial charge in [0.05, 0.1) is 18.0 Å². The number of aliphatic hydroxyl groups excluding tert-OH is 1. The van der Waals surface area contributed by atoms with Crippen LogP contribution in [-0.4, -0.2) is 38.9 Å². The van der Waals surface area contributed by atoms with Crippen molar-refractivity contribution in [2.45, 2.75) is 13.8 Å². The molecular weight excluding hydrogens is 256 g/mol. The molecule has 0 saturated carbocycles. The Bertz CT molecular complexity index is 634. The third-order valence-corrected chi connectivity index (χ3v) is 3.14. The number of aliphatic hydroxyl groups is 1. The van der Waals surface area contributed by atoms with Crippen LogP contribution in [0.15, 0.2) is 18.2 Å². The fraction of sp³-hybridized carbons (Fsp3) is 0.357. The molecule has 106 valence electrons. The highest BCUT2D eigenvalue weighted by atomic mass is 16.3. The van der Waals surface area contributed by atoms with Crippen LogP contribution >= 0.6 is 0 Å². The lowest BCUT2D eigenvalue weighted by molar-refractivity contribution is 0.0940. The number of hydrogen-bond donors (Lipinski definition) is 2. The molecule has 6 nitrogen and oxygen atoms in total. The molecule has 0 aliphatic carbocycles. The predicted octanol–water partition coefficient (Wildman–Crippen LogP) is 0.821. The predicted molar refractivity (Wildman–Crippen MR) is 75.3 cm³/mol. The van der Waals surface area contributed by atoms with Crippen LogP contribution in [0.5, 0.6) is 0 Å². The number of rotatable bonds is 4. The van der Waals surface area contributed by atoms with Crippen molar-refractivity contribution in [2.75, 3.05) is 13.2 Å². The van der Waals surface area contributed by atoms with Gasteiger partial charge in [0.15, 0.2) is 0 Å².